The number of methoxy groups -OCH3 is 1. The molecule has 1 fully saturated rings. The number of carbonyl (C=O) groups excluding carboxylic acids is 2. The maximum atomic E-state index is 11.1. The lowest BCUT2D eigenvalue weighted by molar-refractivity contribution is -0.145. The summed E-state index contributed by atoms with van der Waals surface area (Å²) >= 11 is 0. The largest absolute Gasteiger partial charge is 0.467 e. The van der Waals surface area contributed by atoms with Gasteiger partial charge in [-0.25, -0.2) is 9.59 Å². The molecule has 0 radical (unpaired) electrons. The molecule has 6 nitrogen and oxygen atoms in total. The van der Waals surface area contributed by atoms with Crippen molar-refractivity contribution >= 4 is 12.0 Å². The lowest BCUT2D eigenvalue weighted by Gasteiger charge is -2.19. The summed E-state index contributed by atoms with van der Waals surface area (Å²) in [4.78, 5) is 23.0. The number of aliphatic hydroxyl groups excluding tert-OH is 1. The zero-order chi connectivity index (χ0) is 10.0. The molecule has 0 aromatic heterocycles. The minimum absolute atomic E-state index is 0.0924. The number of aliphatic hydroxyl groups is 1. The van der Waals surface area contributed by atoms with Gasteiger partial charge in [-0.3, -0.25) is 0 Å². The molecule has 1 saturated heterocycles. The van der Waals surface area contributed by atoms with Crippen molar-refractivity contribution < 1.29 is 19.4 Å². The van der Waals surface area contributed by atoms with Crippen LogP contribution in [-0.4, -0.2) is 47.8 Å². The van der Waals surface area contributed by atoms with Crippen LogP contribution in [0, 0.1) is 0 Å². The fourth-order valence-electron chi connectivity index (χ4n) is 1.42. The van der Waals surface area contributed by atoms with Crippen LogP contribution >= 0.6 is 0 Å². The Bertz CT molecular complexity index is 231. The maximum Gasteiger partial charge on any atom is 0.328 e. The van der Waals surface area contributed by atoms with Gasteiger partial charge in [0.1, 0.15) is 6.04 Å². The van der Waals surface area contributed by atoms with Crippen LogP contribution in [0.2, 0.25) is 0 Å². The van der Waals surface area contributed by atoms with Crippen LogP contribution in [0.1, 0.15) is 6.42 Å². The Morgan fingerprint density at radius 2 is 2.23 bits per heavy atom. The fraction of sp³-hybridized carbons (Fsp3) is 0.714. The summed E-state index contributed by atoms with van der Waals surface area (Å²) in [5.41, 5.74) is 5.01. The van der Waals surface area contributed by atoms with Crippen LogP contribution in [0.5, 0.6) is 0 Å². The summed E-state index contributed by atoms with van der Waals surface area (Å²) in [5, 5.41) is 9.21. The summed E-state index contributed by atoms with van der Waals surface area (Å²) in [7, 11) is 1.23. The van der Waals surface area contributed by atoms with Gasteiger partial charge in [0.25, 0.3) is 0 Å². The van der Waals surface area contributed by atoms with Crippen LogP contribution in [0.3, 0.4) is 0 Å². The number of hydrogen-bond donors (Lipinski definition) is 2. The molecule has 0 saturated carbocycles. The maximum absolute atomic E-state index is 11.1. The van der Waals surface area contributed by atoms with Crippen molar-refractivity contribution in [2.75, 3.05) is 13.7 Å². The Labute approximate surface area is 75.3 Å². The minimum atomic E-state index is -0.738. The Morgan fingerprint density at radius 3 is 2.69 bits per heavy atom. The standard InChI is InChI=1S/C7H12N2O4/c1-13-6(11)5-2-4(10)3-9(5)7(8)12/h4-5,10H,2-3H2,1H3,(H2,8,12)/t4-,5-/m1/s1. The monoisotopic (exact) mass is 188 g/mol. The number of β-amino-alcohol motifs (C(OH)–C–C–N with tert-alkyl or cyclic N) is 1. The summed E-state index contributed by atoms with van der Waals surface area (Å²) in [6.07, 6.45) is -0.508. The van der Waals surface area contributed by atoms with Crippen molar-refractivity contribution in [2.45, 2.75) is 18.6 Å². The van der Waals surface area contributed by atoms with Crippen molar-refractivity contribution in [1.82, 2.24) is 4.90 Å². The van der Waals surface area contributed by atoms with Gasteiger partial charge in [0, 0.05) is 13.0 Å². The van der Waals surface area contributed by atoms with Gasteiger partial charge in [0.15, 0.2) is 0 Å². The zero-order valence-electron chi connectivity index (χ0n) is 7.27. The molecule has 0 spiro atoms. The Kier molecular flexibility index (Phi) is 2.72. The second-order valence-corrected chi connectivity index (χ2v) is 2.92. The molecule has 0 bridgehead atoms. The van der Waals surface area contributed by atoms with Crippen molar-refractivity contribution in [3.8, 4) is 0 Å². The highest BCUT2D eigenvalue weighted by Crippen LogP contribution is 2.18. The van der Waals surface area contributed by atoms with Crippen molar-refractivity contribution in [1.29, 1.82) is 0 Å². The highest BCUT2D eigenvalue weighted by Gasteiger charge is 2.38. The molecule has 1 aliphatic heterocycles. The molecule has 1 aliphatic rings. The second-order valence-electron chi connectivity index (χ2n) is 2.92. The van der Waals surface area contributed by atoms with E-state index in [0.29, 0.717) is 0 Å². The first-order chi connectivity index (χ1) is 6.06. The first-order valence-corrected chi connectivity index (χ1v) is 3.88. The van der Waals surface area contributed by atoms with Crippen LogP contribution in [0.25, 0.3) is 0 Å². The number of nitrogens with zero attached hydrogens (tertiary/aromatic N) is 1. The van der Waals surface area contributed by atoms with Gasteiger partial charge in [-0.05, 0) is 0 Å². The lowest BCUT2D eigenvalue weighted by atomic mass is 10.2. The Morgan fingerprint density at radius 1 is 1.62 bits per heavy atom. The summed E-state index contributed by atoms with van der Waals surface area (Å²) in [6, 6.07) is -1.45. The number of nitrogens with two attached hydrogens (primary N) is 1. The quantitative estimate of drug-likeness (QED) is 0.499. The molecule has 13 heavy (non-hydrogen) atoms. The molecule has 2 atom stereocenters. The molecule has 0 aromatic carbocycles. The van der Waals surface area contributed by atoms with E-state index in [-0.39, 0.29) is 13.0 Å². The summed E-state index contributed by atoms with van der Waals surface area (Å²) in [5.74, 6) is -0.546. The van der Waals surface area contributed by atoms with E-state index < -0.39 is 24.1 Å². The number of esters is 1. The molecular formula is C7H12N2O4. The number of urea groups is 1. The van der Waals surface area contributed by atoms with Crippen LogP contribution < -0.4 is 5.73 Å². The highest BCUT2D eigenvalue weighted by atomic mass is 16.5. The van der Waals surface area contributed by atoms with E-state index in [9.17, 15) is 14.7 Å². The van der Waals surface area contributed by atoms with Gasteiger partial charge in [0.05, 0.1) is 13.2 Å². The smallest absolute Gasteiger partial charge is 0.328 e. The number of rotatable bonds is 1. The molecular weight excluding hydrogens is 176 g/mol. The first-order valence-electron chi connectivity index (χ1n) is 3.88. The lowest BCUT2D eigenvalue weighted by Crippen LogP contribution is -2.44. The number of hydrogen-bond acceptors (Lipinski definition) is 4. The minimum Gasteiger partial charge on any atom is -0.467 e. The molecule has 74 valence electrons. The van der Waals surface area contributed by atoms with Crippen molar-refractivity contribution in [3.63, 3.8) is 0 Å². The molecule has 1 rings (SSSR count). The number of likely N-dealkylation sites (tertiary alicyclic amines) is 1. The second kappa shape index (κ2) is 3.61. The molecule has 6 heteroatoms. The molecule has 0 aromatic rings. The van der Waals surface area contributed by atoms with Crippen molar-refractivity contribution in [2.24, 2.45) is 5.73 Å². The average Bonchev–Trinajstić information content (AvgIpc) is 2.46. The number of ether oxygens (including phenoxy) is 1. The highest BCUT2D eigenvalue weighted by molar-refractivity contribution is 5.83. The molecule has 0 aliphatic carbocycles. The van der Waals surface area contributed by atoms with E-state index in [1.54, 1.807) is 0 Å². The van der Waals surface area contributed by atoms with E-state index >= 15 is 0 Å². The van der Waals surface area contributed by atoms with Crippen LogP contribution in [0.4, 0.5) is 4.79 Å². The van der Waals surface area contributed by atoms with Gasteiger partial charge in [0.2, 0.25) is 0 Å². The topological polar surface area (TPSA) is 92.9 Å². The molecule has 0 unspecified atom stereocenters. The van der Waals surface area contributed by atoms with E-state index in [1.807, 2.05) is 0 Å². The first kappa shape index (κ1) is 9.79. The van der Waals surface area contributed by atoms with Crippen molar-refractivity contribution in [3.05, 3.63) is 0 Å². The predicted octanol–water partition coefficient (Wildman–Crippen LogP) is -1.33. The normalized spacial score (nSPS) is 27.4. The van der Waals surface area contributed by atoms with Gasteiger partial charge in [-0.2, -0.15) is 0 Å². The van der Waals surface area contributed by atoms with Gasteiger partial charge in [-0.1, -0.05) is 0 Å². The summed E-state index contributed by atoms with van der Waals surface area (Å²) < 4.78 is 4.46. The van der Waals surface area contributed by atoms with Crippen LogP contribution in [0.15, 0.2) is 0 Å². The fourth-order valence-corrected chi connectivity index (χ4v) is 1.42. The Balaban J connectivity index is 2.71. The van der Waals surface area contributed by atoms with Gasteiger partial charge in [-0.15, -0.1) is 0 Å². The van der Waals surface area contributed by atoms with E-state index in [4.69, 9.17) is 5.73 Å². The number of carbonyl (C=O) groups is 2. The Hall–Kier alpha value is -1.30. The van der Waals surface area contributed by atoms with E-state index in [0.717, 1.165) is 4.90 Å². The third-order valence-corrected chi connectivity index (χ3v) is 2.04. The molecule has 1 heterocycles. The van der Waals surface area contributed by atoms with E-state index in [2.05, 4.69) is 4.74 Å². The van der Waals surface area contributed by atoms with Crippen LogP contribution in [-0.2, 0) is 9.53 Å². The SMILES string of the molecule is COC(=O)[C@H]1C[C@@H](O)CN1C(N)=O. The molecule has 3 N–H and O–H groups in total. The van der Waals surface area contributed by atoms with E-state index in [1.165, 1.54) is 7.11 Å². The number of primary amides is 1. The number of amides is 2. The van der Waals surface area contributed by atoms with Gasteiger partial charge >= 0.3 is 12.0 Å². The summed E-state index contributed by atoms with van der Waals surface area (Å²) in [6.45, 7) is 0.0924. The van der Waals surface area contributed by atoms with Gasteiger partial charge < -0.3 is 20.5 Å². The third-order valence-electron chi connectivity index (χ3n) is 2.04. The predicted molar refractivity (Wildman–Crippen MR) is 42.7 cm³/mol. The average molecular weight is 188 g/mol. The molecule has 2 amide bonds. The zero-order valence-corrected chi connectivity index (χ0v) is 7.27. The third kappa shape index (κ3) is 1.89.